The molecule has 2 heterocycles. The Morgan fingerprint density at radius 1 is 1.29 bits per heavy atom. The van der Waals surface area contributed by atoms with Gasteiger partial charge in [-0.2, -0.15) is 0 Å². The number of benzene rings is 1. The van der Waals surface area contributed by atoms with E-state index < -0.39 is 0 Å². The molecule has 1 aromatic carbocycles. The van der Waals surface area contributed by atoms with E-state index in [1.54, 1.807) is 16.2 Å². The highest BCUT2D eigenvalue weighted by Gasteiger charge is 2.38. The predicted molar refractivity (Wildman–Crippen MR) is 124 cm³/mol. The predicted octanol–water partition coefficient (Wildman–Crippen LogP) is 4.86. The van der Waals surface area contributed by atoms with Crippen molar-refractivity contribution in [1.82, 2.24) is 9.80 Å². The first kappa shape index (κ1) is 22.2. The molecule has 0 N–H and O–H groups in total. The fraction of sp³-hybridized carbons (Fsp3) is 0.500. The summed E-state index contributed by atoms with van der Waals surface area (Å²) in [6, 6.07) is 7.76. The number of nitrogens with zero attached hydrogens (tertiary/aromatic N) is 2. The Morgan fingerprint density at radius 2 is 2.06 bits per heavy atom. The van der Waals surface area contributed by atoms with Gasteiger partial charge in [0.25, 0.3) is 0 Å². The Morgan fingerprint density at radius 3 is 2.74 bits per heavy atom. The van der Waals surface area contributed by atoms with Gasteiger partial charge in [0.2, 0.25) is 11.8 Å². The van der Waals surface area contributed by atoms with Crippen LogP contribution in [-0.4, -0.2) is 47.4 Å². The summed E-state index contributed by atoms with van der Waals surface area (Å²) in [7, 11) is 0. The van der Waals surface area contributed by atoms with Crippen molar-refractivity contribution in [3.8, 4) is 5.75 Å². The van der Waals surface area contributed by atoms with Crippen molar-refractivity contribution in [3.05, 3.63) is 50.7 Å². The fourth-order valence-electron chi connectivity index (χ4n) is 4.10. The summed E-state index contributed by atoms with van der Waals surface area (Å²) >= 11 is 7.87. The van der Waals surface area contributed by atoms with Crippen molar-refractivity contribution >= 4 is 34.8 Å². The van der Waals surface area contributed by atoms with Gasteiger partial charge in [0.1, 0.15) is 18.9 Å². The standard InChI is InChI=1S/C24H29ClN2O3S/c1-15(2)24(29)27(17-4-5-17)13-23(28)26-10-8-22-19(9-11-31-22)21(26)14-30-18-6-7-20(25)16(3)12-18/h6-7,9,11-12,15,17,21H,4-5,8,10,13-14H2,1-3H3/t21-/m0/s1. The van der Waals surface area contributed by atoms with Crippen LogP contribution in [0.5, 0.6) is 5.75 Å². The third kappa shape index (κ3) is 4.90. The highest BCUT2D eigenvalue weighted by Crippen LogP contribution is 2.35. The molecular weight excluding hydrogens is 432 g/mol. The highest BCUT2D eigenvalue weighted by atomic mass is 35.5. The lowest BCUT2D eigenvalue weighted by molar-refractivity contribution is -0.144. The molecule has 1 aliphatic carbocycles. The van der Waals surface area contributed by atoms with Crippen molar-refractivity contribution < 1.29 is 14.3 Å². The number of carbonyl (C=O) groups excluding carboxylic acids is 2. The summed E-state index contributed by atoms with van der Waals surface area (Å²) in [5.74, 6) is 0.698. The molecule has 2 aliphatic rings. The molecule has 1 fully saturated rings. The Bertz CT molecular complexity index is 969. The number of halogens is 1. The Kier molecular flexibility index (Phi) is 6.58. The van der Waals surface area contributed by atoms with Crippen molar-refractivity contribution in [2.24, 2.45) is 5.92 Å². The van der Waals surface area contributed by atoms with Crippen LogP contribution >= 0.6 is 22.9 Å². The SMILES string of the molecule is Cc1cc(OC[C@H]2c3ccsc3CCN2C(=O)CN(C(=O)C(C)C)C2CC2)ccc1Cl. The van der Waals surface area contributed by atoms with Crippen molar-refractivity contribution in [2.45, 2.75) is 52.1 Å². The summed E-state index contributed by atoms with van der Waals surface area (Å²) in [6.45, 7) is 6.90. The molecule has 1 atom stereocenters. The second-order valence-corrected chi connectivity index (χ2v) is 10.1. The number of thiophene rings is 1. The van der Waals surface area contributed by atoms with Crippen LogP contribution in [0.1, 0.15) is 48.7 Å². The van der Waals surface area contributed by atoms with E-state index in [1.165, 1.54) is 4.88 Å². The largest absolute Gasteiger partial charge is 0.491 e. The third-order valence-electron chi connectivity index (χ3n) is 6.02. The quantitative estimate of drug-likeness (QED) is 0.592. The van der Waals surface area contributed by atoms with Crippen LogP contribution in [0, 0.1) is 12.8 Å². The van der Waals surface area contributed by atoms with E-state index in [1.807, 2.05) is 43.9 Å². The van der Waals surface area contributed by atoms with Gasteiger partial charge in [-0.15, -0.1) is 11.3 Å². The number of ether oxygens (including phenoxy) is 1. The highest BCUT2D eigenvalue weighted by molar-refractivity contribution is 7.10. The average molecular weight is 461 g/mol. The van der Waals surface area contributed by atoms with E-state index in [9.17, 15) is 9.59 Å². The molecule has 4 rings (SSSR count). The molecule has 0 spiro atoms. The van der Waals surface area contributed by atoms with Gasteiger partial charge in [0, 0.05) is 28.4 Å². The first-order valence-electron chi connectivity index (χ1n) is 10.9. The number of amides is 2. The molecule has 0 bridgehead atoms. The van der Waals surface area contributed by atoms with Gasteiger partial charge >= 0.3 is 0 Å². The molecule has 1 aromatic heterocycles. The maximum atomic E-state index is 13.4. The number of rotatable bonds is 7. The van der Waals surface area contributed by atoms with Crippen LogP contribution in [-0.2, 0) is 16.0 Å². The average Bonchev–Trinajstić information content (AvgIpc) is 3.47. The van der Waals surface area contributed by atoms with Crippen molar-refractivity contribution in [1.29, 1.82) is 0 Å². The zero-order valence-corrected chi connectivity index (χ0v) is 19.8. The second-order valence-electron chi connectivity index (χ2n) is 8.73. The number of aryl methyl sites for hydroxylation is 1. The van der Waals surface area contributed by atoms with Gasteiger partial charge in [-0.3, -0.25) is 9.59 Å². The van der Waals surface area contributed by atoms with Crippen LogP contribution in [0.2, 0.25) is 5.02 Å². The van der Waals surface area contributed by atoms with Crippen LogP contribution in [0.25, 0.3) is 0 Å². The van der Waals surface area contributed by atoms with Crippen molar-refractivity contribution in [3.63, 3.8) is 0 Å². The molecule has 7 heteroatoms. The van der Waals surface area contributed by atoms with Gasteiger partial charge < -0.3 is 14.5 Å². The number of carbonyl (C=O) groups is 2. The number of fused-ring (bicyclic) bond motifs is 1. The molecule has 1 saturated carbocycles. The monoisotopic (exact) mass is 460 g/mol. The van der Waals surface area contributed by atoms with Gasteiger partial charge in [-0.05, 0) is 67.0 Å². The van der Waals surface area contributed by atoms with Crippen LogP contribution in [0.3, 0.4) is 0 Å². The minimum atomic E-state index is -0.159. The Balaban J connectivity index is 1.51. The minimum absolute atomic E-state index is 0.00126. The minimum Gasteiger partial charge on any atom is -0.491 e. The van der Waals surface area contributed by atoms with Gasteiger partial charge in [-0.25, -0.2) is 0 Å². The zero-order chi connectivity index (χ0) is 22.1. The molecule has 31 heavy (non-hydrogen) atoms. The topological polar surface area (TPSA) is 49.9 Å². The first-order valence-corrected chi connectivity index (χ1v) is 12.2. The van der Waals surface area contributed by atoms with E-state index in [0.29, 0.717) is 18.2 Å². The lowest BCUT2D eigenvalue weighted by Gasteiger charge is -2.37. The summed E-state index contributed by atoms with van der Waals surface area (Å²) in [6.07, 6.45) is 2.82. The maximum Gasteiger partial charge on any atom is 0.242 e. The molecule has 0 saturated heterocycles. The second kappa shape index (κ2) is 9.21. The molecule has 166 valence electrons. The van der Waals surface area contributed by atoms with Crippen LogP contribution in [0.15, 0.2) is 29.6 Å². The zero-order valence-electron chi connectivity index (χ0n) is 18.3. The van der Waals surface area contributed by atoms with E-state index in [-0.39, 0.29) is 36.4 Å². The van der Waals surface area contributed by atoms with Crippen LogP contribution < -0.4 is 4.74 Å². The molecule has 0 unspecified atom stereocenters. The van der Waals surface area contributed by atoms with Gasteiger partial charge in [0.15, 0.2) is 0 Å². The molecule has 0 radical (unpaired) electrons. The molecule has 1 aliphatic heterocycles. The lowest BCUT2D eigenvalue weighted by Crippen LogP contribution is -2.49. The maximum absolute atomic E-state index is 13.4. The summed E-state index contributed by atoms with van der Waals surface area (Å²) in [5, 5.41) is 2.79. The Labute approximate surface area is 192 Å². The molecule has 2 amide bonds. The van der Waals surface area contributed by atoms with Gasteiger partial charge in [-0.1, -0.05) is 25.4 Å². The fourth-order valence-corrected chi connectivity index (χ4v) is 5.14. The number of hydrogen-bond acceptors (Lipinski definition) is 4. The lowest BCUT2D eigenvalue weighted by atomic mass is 10.00. The summed E-state index contributed by atoms with van der Waals surface area (Å²) in [4.78, 5) is 31.1. The molecular formula is C24H29ClN2O3S. The summed E-state index contributed by atoms with van der Waals surface area (Å²) < 4.78 is 6.11. The van der Waals surface area contributed by atoms with E-state index in [4.69, 9.17) is 16.3 Å². The molecule has 2 aromatic rings. The normalized spacial score (nSPS) is 18.1. The van der Waals surface area contributed by atoms with E-state index in [2.05, 4.69) is 11.4 Å². The smallest absolute Gasteiger partial charge is 0.242 e. The number of hydrogen-bond donors (Lipinski definition) is 0. The van der Waals surface area contributed by atoms with Crippen molar-refractivity contribution in [2.75, 3.05) is 19.7 Å². The van der Waals surface area contributed by atoms with Crippen LogP contribution in [0.4, 0.5) is 0 Å². The third-order valence-corrected chi connectivity index (χ3v) is 7.44. The van der Waals surface area contributed by atoms with E-state index >= 15 is 0 Å². The molecule has 5 nitrogen and oxygen atoms in total. The van der Waals surface area contributed by atoms with E-state index in [0.717, 1.165) is 36.1 Å². The first-order chi connectivity index (χ1) is 14.8. The van der Waals surface area contributed by atoms with Gasteiger partial charge in [0.05, 0.1) is 6.04 Å². The Hall–Kier alpha value is -2.05. The summed E-state index contributed by atoms with van der Waals surface area (Å²) in [5.41, 5.74) is 2.11.